The molecule has 0 spiro atoms. The van der Waals surface area contributed by atoms with Crippen LogP contribution in [0.25, 0.3) is 0 Å². The fourth-order valence-corrected chi connectivity index (χ4v) is 2.01. The third-order valence-corrected chi connectivity index (χ3v) is 2.89. The van der Waals surface area contributed by atoms with Crippen molar-refractivity contribution in [2.75, 3.05) is 5.32 Å². The summed E-state index contributed by atoms with van der Waals surface area (Å²) >= 11 is 3.14. The summed E-state index contributed by atoms with van der Waals surface area (Å²) in [6.45, 7) is 0. The lowest BCUT2D eigenvalue weighted by atomic mass is 10.1. The van der Waals surface area contributed by atoms with Crippen LogP contribution in [0.15, 0.2) is 29.5 Å². The Kier molecular flexibility index (Phi) is 5.22. The number of nitro groups is 1. The second-order valence-electron chi connectivity index (χ2n) is 3.40. The van der Waals surface area contributed by atoms with Gasteiger partial charge in [0.1, 0.15) is 23.9 Å². The van der Waals surface area contributed by atoms with Crippen molar-refractivity contribution in [3.05, 3.63) is 45.1 Å². The quantitative estimate of drug-likeness (QED) is 0.391. The average Bonchev–Trinajstić information content (AvgIpc) is 2.46. The Balaban J connectivity index is 3.38. The van der Waals surface area contributed by atoms with Gasteiger partial charge >= 0.3 is 0 Å². The molecule has 0 aliphatic heterocycles. The van der Waals surface area contributed by atoms with E-state index in [0.717, 1.165) is 0 Å². The normalized spacial score (nSPS) is 8.70. The number of hydrogen-bond donors (Lipinski definition) is 1. The highest BCUT2D eigenvalue weighted by Crippen LogP contribution is 2.29. The molecule has 98 valence electrons. The third-order valence-electron chi connectivity index (χ3n) is 2.33. The lowest BCUT2D eigenvalue weighted by molar-refractivity contribution is -0.385. The summed E-state index contributed by atoms with van der Waals surface area (Å²) < 4.78 is 0. The van der Waals surface area contributed by atoms with Crippen molar-refractivity contribution in [2.45, 2.75) is 5.33 Å². The van der Waals surface area contributed by atoms with Gasteiger partial charge in [0.15, 0.2) is 5.57 Å². The molecule has 0 heterocycles. The molecular formula is C12H6BrN5O2. The van der Waals surface area contributed by atoms with Crippen LogP contribution >= 0.6 is 15.9 Å². The van der Waals surface area contributed by atoms with Crippen molar-refractivity contribution < 1.29 is 4.92 Å². The zero-order valence-corrected chi connectivity index (χ0v) is 11.5. The first kappa shape index (κ1) is 15.2. The van der Waals surface area contributed by atoms with E-state index >= 15 is 0 Å². The molecule has 1 aromatic carbocycles. The standard InChI is InChI=1S/C12H6BrN5O2/c13-4-9-10(2-1-3-12(9)18(19)20)17-11(7-16)8(5-14)6-15/h1-3,17H,4H2. The molecule has 0 aliphatic carbocycles. The van der Waals surface area contributed by atoms with Gasteiger partial charge in [0.2, 0.25) is 0 Å². The Labute approximate surface area is 122 Å². The number of benzene rings is 1. The number of nitrogens with one attached hydrogen (secondary N) is 1. The fraction of sp³-hybridized carbons (Fsp3) is 0.0833. The molecule has 0 radical (unpaired) electrons. The van der Waals surface area contributed by atoms with Crippen LogP contribution in [0.3, 0.4) is 0 Å². The van der Waals surface area contributed by atoms with Crippen LogP contribution in [-0.4, -0.2) is 4.92 Å². The summed E-state index contributed by atoms with van der Waals surface area (Å²) in [5.74, 6) is 0. The first-order chi connectivity index (χ1) is 9.58. The van der Waals surface area contributed by atoms with Gasteiger partial charge in [-0.15, -0.1) is 0 Å². The Hall–Kier alpha value is -2.89. The number of allylic oxidation sites excluding steroid dienone is 2. The highest BCUT2D eigenvalue weighted by atomic mass is 79.9. The minimum Gasteiger partial charge on any atom is -0.345 e. The Bertz CT molecular complexity index is 690. The number of hydrogen-bond acceptors (Lipinski definition) is 6. The predicted molar refractivity (Wildman–Crippen MR) is 73.2 cm³/mol. The van der Waals surface area contributed by atoms with E-state index in [1.807, 2.05) is 0 Å². The first-order valence-corrected chi connectivity index (χ1v) is 6.25. The summed E-state index contributed by atoms with van der Waals surface area (Å²) in [5, 5.41) is 40.1. The van der Waals surface area contributed by atoms with Crippen LogP contribution in [-0.2, 0) is 5.33 Å². The lowest BCUT2D eigenvalue weighted by Gasteiger charge is -2.09. The van der Waals surface area contributed by atoms with E-state index in [1.165, 1.54) is 18.2 Å². The number of halogens is 1. The predicted octanol–water partition coefficient (Wildman–Crippen LogP) is 2.73. The van der Waals surface area contributed by atoms with Gasteiger partial charge in [-0.05, 0) is 6.07 Å². The Morgan fingerprint density at radius 3 is 2.40 bits per heavy atom. The maximum atomic E-state index is 10.9. The SMILES string of the molecule is N#CC(C#N)=C(C#N)Nc1cccc([N+](=O)[O-])c1CBr. The molecule has 0 aromatic heterocycles. The van der Waals surface area contributed by atoms with Crippen molar-refractivity contribution in [1.29, 1.82) is 15.8 Å². The van der Waals surface area contributed by atoms with E-state index in [-0.39, 0.29) is 28.0 Å². The van der Waals surface area contributed by atoms with Gasteiger partial charge in [-0.2, -0.15) is 15.8 Å². The molecule has 8 heteroatoms. The van der Waals surface area contributed by atoms with Gasteiger partial charge in [0.25, 0.3) is 5.69 Å². The second kappa shape index (κ2) is 6.89. The van der Waals surface area contributed by atoms with Crippen LogP contribution in [0.1, 0.15) is 5.56 Å². The first-order valence-electron chi connectivity index (χ1n) is 5.12. The molecule has 7 nitrogen and oxygen atoms in total. The summed E-state index contributed by atoms with van der Waals surface area (Å²) in [5.41, 5.74) is -0.159. The third kappa shape index (κ3) is 3.11. The van der Waals surface area contributed by atoms with E-state index in [9.17, 15) is 10.1 Å². The van der Waals surface area contributed by atoms with Crippen LogP contribution in [0.4, 0.5) is 11.4 Å². The van der Waals surface area contributed by atoms with Gasteiger partial charge in [-0.1, -0.05) is 22.0 Å². The number of nitriles is 3. The molecule has 0 saturated heterocycles. The summed E-state index contributed by atoms with van der Waals surface area (Å²) in [6, 6.07) is 9.15. The molecule has 0 atom stereocenters. The zero-order valence-electron chi connectivity index (χ0n) is 9.92. The molecule has 0 unspecified atom stereocenters. The number of nitro benzene ring substituents is 1. The monoisotopic (exact) mass is 331 g/mol. The molecule has 20 heavy (non-hydrogen) atoms. The molecule has 0 saturated carbocycles. The summed E-state index contributed by atoms with van der Waals surface area (Å²) in [7, 11) is 0. The summed E-state index contributed by atoms with van der Waals surface area (Å²) in [4.78, 5) is 10.4. The van der Waals surface area contributed by atoms with Crippen LogP contribution in [0.5, 0.6) is 0 Å². The van der Waals surface area contributed by atoms with Gasteiger partial charge in [0, 0.05) is 11.4 Å². The molecule has 1 aromatic rings. The Morgan fingerprint density at radius 2 is 1.95 bits per heavy atom. The van der Waals surface area contributed by atoms with Crippen molar-refractivity contribution in [1.82, 2.24) is 0 Å². The number of nitrogens with zero attached hydrogens (tertiary/aromatic N) is 4. The molecular weight excluding hydrogens is 326 g/mol. The maximum Gasteiger partial charge on any atom is 0.275 e. The number of rotatable bonds is 4. The number of alkyl halides is 1. The van der Waals surface area contributed by atoms with E-state index < -0.39 is 4.92 Å². The lowest BCUT2D eigenvalue weighted by Crippen LogP contribution is -2.04. The molecule has 1 N–H and O–H groups in total. The summed E-state index contributed by atoms with van der Waals surface area (Å²) in [6.07, 6.45) is 0. The molecule has 0 fully saturated rings. The van der Waals surface area contributed by atoms with E-state index in [2.05, 4.69) is 21.2 Å². The van der Waals surface area contributed by atoms with E-state index in [1.54, 1.807) is 18.2 Å². The van der Waals surface area contributed by atoms with Crippen LogP contribution < -0.4 is 5.32 Å². The Morgan fingerprint density at radius 1 is 1.30 bits per heavy atom. The second-order valence-corrected chi connectivity index (χ2v) is 3.97. The zero-order chi connectivity index (χ0) is 15.1. The van der Waals surface area contributed by atoms with Crippen molar-refractivity contribution in [3.8, 4) is 18.2 Å². The van der Waals surface area contributed by atoms with Gasteiger partial charge in [-0.25, -0.2) is 0 Å². The average molecular weight is 332 g/mol. The molecule has 1 rings (SSSR count). The van der Waals surface area contributed by atoms with Crippen molar-refractivity contribution in [2.24, 2.45) is 0 Å². The fourth-order valence-electron chi connectivity index (χ4n) is 1.42. The van der Waals surface area contributed by atoms with E-state index in [0.29, 0.717) is 5.56 Å². The van der Waals surface area contributed by atoms with Crippen molar-refractivity contribution in [3.63, 3.8) is 0 Å². The van der Waals surface area contributed by atoms with E-state index in [4.69, 9.17) is 15.8 Å². The van der Waals surface area contributed by atoms with Gasteiger partial charge < -0.3 is 5.32 Å². The maximum absolute atomic E-state index is 10.9. The molecule has 0 bridgehead atoms. The topological polar surface area (TPSA) is 127 Å². The highest BCUT2D eigenvalue weighted by Gasteiger charge is 2.17. The smallest absolute Gasteiger partial charge is 0.275 e. The van der Waals surface area contributed by atoms with Gasteiger partial charge in [-0.3, -0.25) is 10.1 Å². The minimum atomic E-state index is -0.549. The van der Waals surface area contributed by atoms with Crippen LogP contribution in [0, 0.1) is 44.1 Å². The number of anilines is 1. The van der Waals surface area contributed by atoms with Crippen molar-refractivity contribution >= 4 is 27.3 Å². The molecule has 0 aliphatic rings. The minimum absolute atomic E-state index is 0.125. The molecule has 0 amide bonds. The van der Waals surface area contributed by atoms with Gasteiger partial charge in [0.05, 0.1) is 16.2 Å². The highest BCUT2D eigenvalue weighted by molar-refractivity contribution is 9.08. The van der Waals surface area contributed by atoms with Crippen LogP contribution in [0.2, 0.25) is 0 Å². The largest absolute Gasteiger partial charge is 0.345 e.